The lowest BCUT2D eigenvalue weighted by molar-refractivity contribution is -0.131. The fourth-order valence-electron chi connectivity index (χ4n) is 2.69. The molecule has 0 radical (unpaired) electrons. The third kappa shape index (κ3) is 3.91. The van der Waals surface area contributed by atoms with Crippen LogP contribution in [0.5, 0.6) is 17.2 Å². The summed E-state index contributed by atoms with van der Waals surface area (Å²) >= 11 is 6.12. The second-order valence-electron chi connectivity index (χ2n) is 6.38. The summed E-state index contributed by atoms with van der Waals surface area (Å²) < 4.78 is 16.7. The first-order chi connectivity index (χ1) is 12.3. The van der Waals surface area contributed by atoms with Crippen molar-refractivity contribution < 1.29 is 23.8 Å². The molecule has 1 aliphatic rings. The highest BCUT2D eigenvalue weighted by Crippen LogP contribution is 2.39. The molecule has 0 spiro atoms. The summed E-state index contributed by atoms with van der Waals surface area (Å²) in [4.78, 5) is 23.7. The van der Waals surface area contributed by atoms with Crippen LogP contribution in [0, 0.1) is 0 Å². The van der Waals surface area contributed by atoms with Gasteiger partial charge in [-0.2, -0.15) is 0 Å². The molecule has 1 aliphatic heterocycles. The maximum atomic E-state index is 12.6. The van der Waals surface area contributed by atoms with Gasteiger partial charge in [-0.05, 0) is 37.3 Å². The summed E-state index contributed by atoms with van der Waals surface area (Å²) in [7, 11) is 0. The number of fused-ring (bicyclic) bond motifs is 1. The highest BCUT2D eigenvalue weighted by Gasteiger charge is 2.38. The Hall–Kier alpha value is -2.73. The number of nitrogens with two attached hydrogens (primary N) is 1. The Balaban J connectivity index is 1.79. The molecule has 1 atom stereocenters. The van der Waals surface area contributed by atoms with Crippen molar-refractivity contribution in [2.45, 2.75) is 25.9 Å². The van der Waals surface area contributed by atoms with Crippen LogP contribution in [0.2, 0.25) is 5.02 Å². The molecule has 26 heavy (non-hydrogen) atoms. The zero-order valence-corrected chi connectivity index (χ0v) is 15.1. The molecular weight excluding hydrogens is 358 g/mol. The first-order valence-corrected chi connectivity index (χ1v) is 8.36. The van der Waals surface area contributed by atoms with Crippen LogP contribution in [0.25, 0.3) is 0 Å². The molecule has 3 rings (SSSR count). The van der Waals surface area contributed by atoms with Gasteiger partial charge < -0.3 is 19.9 Å². The number of carbonyl (C=O) groups is 2. The topological polar surface area (TPSA) is 87.8 Å². The Morgan fingerprint density at radius 3 is 2.65 bits per heavy atom. The highest BCUT2D eigenvalue weighted by molar-refractivity contribution is 6.32. The second-order valence-corrected chi connectivity index (χ2v) is 6.79. The smallest absolute Gasteiger partial charge is 0.308 e. The standard InChI is InChI=1S/C19H18ClNO5/c1-11(22)25-18-7-14-16(23)9-19(2,26-17(14)8-15(18)20)10-24-13-5-3-12(21)4-6-13/h3-8H,9-10,21H2,1-2H3. The maximum Gasteiger partial charge on any atom is 0.308 e. The van der Waals surface area contributed by atoms with Crippen molar-refractivity contribution in [3.63, 3.8) is 0 Å². The van der Waals surface area contributed by atoms with Gasteiger partial charge in [-0.25, -0.2) is 0 Å². The van der Waals surface area contributed by atoms with E-state index in [4.69, 9.17) is 31.5 Å². The predicted molar refractivity (Wildman–Crippen MR) is 97.1 cm³/mol. The van der Waals surface area contributed by atoms with Crippen molar-refractivity contribution in [2.75, 3.05) is 12.3 Å². The highest BCUT2D eigenvalue weighted by atomic mass is 35.5. The molecule has 0 amide bonds. The van der Waals surface area contributed by atoms with E-state index in [0.29, 0.717) is 22.7 Å². The molecule has 1 heterocycles. The number of halogens is 1. The molecule has 2 aromatic carbocycles. The van der Waals surface area contributed by atoms with E-state index in [0.717, 1.165) is 0 Å². The van der Waals surface area contributed by atoms with Crippen LogP contribution in [0.3, 0.4) is 0 Å². The molecule has 6 nitrogen and oxygen atoms in total. The first-order valence-electron chi connectivity index (χ1n) is 7.98. The lowest BCUT2D eigenvalue weighted by Gasteiger charge is -2.34. The third-order valence-electron chi connectivity index (χ3n) is 3.90. The number of esters is 1. The molecule has 0 aromatic heterocycles. The van der Waals surface area contributed by atoms with E-state index in [1.807, 2.05) is 0 Å². The second kappa shape index (κ2) is 6.88. The Bertz CT molecular complexity index is 865. The largest absolute Gasteiger partial charge is 0.489 e. The number of nitrogen functional groups attached to an aromatic ring is 1. The Labute approximate surface area is 155 Å². The molecule has 1 unspecified atom stereocenters. The number of hydrogen-bond donors (Lipinski definition) is 1. The Kier molecular flexibility index (Phi) is 4.78. The van der Waals surface area contributed by atoms with E-state index >= 15 is 0 Å². The molecule has 2 N–H and O–H groups in total. The van der Waals surface area contributed by atoms with Crippen LogP contribution in [-0.4, -0.2) is 24.0 Å². The monoisotopic (exact) mass is 375 g/mol. The van der Waals surface area contributed by atoms with Crippen molar-refractivity contribution in [1.82, 2.24) is 0 Å². The maximum absolute atomic E-state index is 12.6. The van der Waals surface area contributed by atoms with Gasteiger partial charge in [-0.3, -0.25) is 9.59 Å². The van der Waals surface area contributed by atoms with Gasteiger partial charge in [0.15, 0.2) is 5.78 Å². The zero-order valence-electron chi connectivity index (χ0n) is 14.4. The normalized spacial score (nSPS) is 18.7. The molecule has 0 saturated carbocycles. The number of rotatable bonds is 4. The average molecular weight is 376 g/mol. The number of Topliss-reactive ketones (excluding diaryl/α,β-unsaturated/α-hetero) is 1. The van der Waals surface area contributed by atoms with Crippen LogP contribution in [-0.2, 0) is 4.79 Å². The average Bonchev–Trinajstić information content (AvgIpc) is 2.55. The predicted octanol–water partition coefficient (Wildman–Crippen LogP) is 3.65. The minimum absolute atomic E-state index is 0.121. The molecule has 7 heteroatoms. The van der Waals surface area contributed by atoms with Gasteiger partial charge in [0, 0.05) is 18.7 Å². The van der Waals surface area contributed by atoms with Gasteiger partial charge in [0.2, 0.25) is 0 Å². The lowest BCUT2D eigenvalue weighted by atomic mass is 9.92. The molecule has 0 aliphatic carbocycles. The van der Waals surface area contributed by atoms with Crippen molar-refractivity contribution >= 4 is 29.0 Å². The minimum Gasteiger partial charge on any atom is -0.489 e. The summed E-state index contributed by atoms with van der Waals surface area (Å²) in [6, 6.07) is 9.88. The molecule has 0 bridgehead atoms. The van der Waals surface area contributed by atoms with Crippen LogP contribution >= 0.6 is 11.6 Å². The van der Waals surface area contributed by atoms with Crippen molar-refractivity contribution in [1.29, 1.82) is 0 Å². The summed E-state index contributed by atoms with van der Waals surface area (Å²) in [6.07, 6.45) is 0.121. The molecule has 2 aromatic rings. The zero-order chi connectivity index (χ0) is 18.9. The van der Waals surface area contributed by atoms with Gasteiger partial charge in [0.25, 0.3) is 0 Å². The van der Waals surface area contributed by atoms with Crippen molar-refractivity contribution in [3.8, 4) is 17.2 Å². The lowest BCUT2D eigenvalue weighted by Crippen LogP contribution is -2.44. The van der Waals surface area contributed by atoms with Gasteiger partial charge in [0.05, 0.1) is 17.0 Å². The number of ether oxygens (including phenoxy) is 3. The van der Waals surface area contributed by atoms with E-state index in [1.165, 1.54) is 19.1 Å². The minimum atomic E-state index is -0.849. The quantitative estimate of drug-likeness (QED) is 0.498. The number of hydrogen-bond acceptors (Lipinski definition) is 6. The molecule has 136 valence electrons. The SMILES string of the molecule is CC(=O)Oc1cc2c(cc1Cl)OC(C)(COc1ccc(N)cc1)CC2=O. The summed E-state index contributed by atoms with van der Waals surface area (Å²) in [5.41, 5.74) is 5.77. The van der Waals surface area contributed by atoms with Crippen LogP contribution in [0.15, 0.2) is 36.4 Å². The summed E-state index contributed by atoms with van der Waals surface area (Å²) in [6.45, 7) is 3.23. The summed E-state index contributed by atoms with van der Waals surface area (Å²) in [5, 5.41) is 0.190. The van der Waals surface area contributed by atoms with E-state index in [-0.39, 0.29) is 29.6 Å². The molecular formula is C19H18ClNO5. The first kappa shape index (κ1) is 18.1. The number of carbonyl (C=O) groups excluding carboxylic acids is 2. The van der Waals surface area contributed by atoms with Crippen LogP contribution in [0.4, 0.5) is 5.69 Å². The van der Waals surface area contributed by atoms with Crippen molar-refractivity contribution in [3.05, 3.63) is 47.0 Å². The Morgan fingerprint density at radius 2 is 2.00 bits per heavy atom. The van der Waals surface area contributed by atoms with Crippen LogP contribution < -0.4 is 19.9 Å². The third-order valence-corrected chi connectivity index (χ3v) is 4.20. The molecule has 0 fully saturated rings. The van der Waals surface area contributed by atoms with Crippen molar-refractivity contribution in [2.24, 2.45) is 0 Å². The molecule has 0 saturated heterocycles. The summed E-state index contributed by atoms with van der Waals surface area (Å²) in [5.74, 6) is 0.449. The van der Waals surface area contributed by atoms with Gasteiger partial charge in [-0.15, -0.1) is 0 Å². The fourth-order valence-corrected chi connectivity index (χ4v) is 2.88. The number of ketones is 1. The van der Waals surface area contributed by atoms with E-state index in [1.54, 1.807) is 31.2 Å². The number of anilines is 1. The number of benzene rings is 2. The van der Waals surface area contributed by atoms with E-state index in [9.17, 15) is 9.59 Å². The van der Waals surface area contributed by atoms with Crippen LogP contribution in [0.1, 0.15) is 30.6 Å². The Morgan fingerprint density at radius 1 is 1.31 bits per heavy atom. The van der Waals surface area contributed by atoms with E-state index < -0.39 is 11.6 Å². The van der Waals surface area contributed by atoms with Gasteiger partial charge >= 0.3 is 5.97 Å². The van der Waals surface area contributed by atoms with Gasteiger partial charge in [0.1, 0.15) is 29.5 Å². The fraction of sp³-hybridized carbons (Fsp3) is 0.263. The van der Waals surface area contributed by atoms with Gasteiger partial charge in [-0.1, -0.05) is 11.6 Å². The van der Waals surface area contributed by atoms with E-state index in [2.05, 4.69) is 0 Å².